The Morgan fingerprint density at radius 1 is 1.44 bits per heavy atom. The molecule has 3 N–H and O–H groups in total. The maximum atomic E-state index is 5.77. The van der Waals surface area contributed by atoms with E-state index in [9.17, 15) is 0 Å². The third kappa shape index (κ3) is 3.46. The number of anilines is 2. The monoisotopic (exact) mass is 221 g/mol. The second-order valence-corrected chi connectivity index (χ2v) is 3.93. The molecule has 0 aromatic carbocycles. The van der Waals surface area contributed by atoms with Crippen molar-refractivity contribution in [1.29, 1.82) is 0 Å². The topological polar surface area (TPSA) is 60.2 Å². The van der Waals surface area contributed by atoms with Crippen LogP contribution in [-0.4, -0.2) is 17.1 Å². The normalized spacial score (nSPS) is 12.2. The number of nitrogen functional groups attached to an aromatic ring is 1. The van der Waals surface area contributed by atoms with E-state index in [2.05, 4.69) is 16.9 Å². The molecule has 88 valence electrons. The smallest absolute Gasteiger partial charge is 0.239 e. The number of hydrogen-bond donors (Lipinski definition) is 2. The second kappa shape index (κ2) is 5.39. The van der Waals surface area contributed by atoms with E-state index in [0.717, 1.165) is 5.82 Å². The lowest BCUT2D eigenvalue weighted by Gasteiger charge is -2.14. The Labute approximate surface area is 96.5 Å². The molecular formula is C12H19N3O. The van der Waals surface area contributed by atoms with Gasteiger partial charge in [0.05, 0.1) is 11.8 Å². The minimum Gasteiger partial charge on any atom is -0.473 e. The average Bonchev–Trinajstić information content (AvgIpc) is 2.22. The number of rotatable bonds is 5. The van der Waals surface area contributed by atoms with E-state index < -0.39 is 0 Å². The zero-order valence-corrected chi connectivity index (χ0v) is 10.0. The maximum Gasteiger partial charge on any atom is 0.239 e. The fraction of sp³-hybridized carbons (Fsp3) is 0.417. The second-order valence-electron chi connectivity index (χ2n) is 3.93. The van der Waals surface area contributed by atoms with Crippen LogP contribution in [0.3, 0.4) is 0 Å². The molecule has 1 aromatic heterocycles. The van der Waals surface area contributed by atoms with Crippen LogP contribution >= 0.6 is 0 Å². The molecular weight excluding hydrogens is 202 g/mol. The largest absolute Gasteiger partial charge is 0.473 e. The third-order valence-electron chi connectivity index (χ3n) is 1.97. The van der Waals surface area contributed by atoms with E-state index in [0.29, 0.717) is 11.6 Å². The van der Waals surface area contributed by atoms with E-state index in [1.165, 1.54) is 0 Å². The number of hydrogen-bond acceptors (Lipinski definition) is 4. The first kappa shape index (κ1) is 12.4. The Kier molecular flexibility index (Phi) is 4.17. The molecule has 0 aliphatic heterocycles. The van der Waals surface area contributed by atoms with Crippen LogP contribution in [0.4, 0.5) is 11.5 Å². The van der Waals surface area contributed by atoms with Gasteiger partial charge in [-0.2, -0.15) is 4.98 Å². The zero-order chi connectivity index (χ0) is 12.1. The highest BCUT2D eigenvalue weighted by atomic mass is 16.5. The number of nitrogens with zero attached hydrogens (tertiary/aromatic N) is 1. The van der Waals surface area contributed by atoms with Crippen molar-refractivity contribution in [2.45, 2.75) is 32.9 Å². The van der Waals surface area contributed by atoms with Gasteiger partial charge in [0.2, 0.25) is 5.88 Å². The molecule has 0 fully saturated rings. The Hall–Kier alpha value is -1.71. The van der Waals surface area contributed by atoms with Crippen molar-refractivity contribution in [3.8, 4) is 5.88 Å². The van der Waals surface area contributed by atoms with Gasteiger partial charge in [-0.15, -0.1) is 6.58 Å². The molecule has 0 saturated heterocycles. The van der Waals surface area contributed by atoms with Gasteiger partial charge in [-0.05, 0) is 32.9 Å². The van der Waals surface area contributed by atoms with Gasteiger partial charge in [0.1, 0.15) is 5.82 Å². The molecule has 1 rings (SSSR count). The molecule has 0 bridgehead atoms. The summed E-state index contributed by atoms with van der Waals surface area (Å²) in [5, 5.41) is 3.17. The van der Waals surface area contributed by atoms with Crippen molar-refractivity contribution >= 4 is 11.5 Å². The highest BCUT2D eigenvalue weighted by Crippen LogP contribution is 2.22. The maximum absolute atomic E-state index is 5.77. The first-order valence-corrected chi connectivity index (χ1v) is 5.35. The highest BCUT2D eigenvalue weighted by molar-refractivity contribution is 5.54. The number of pyridine rings is 1. The van der Waals surface area contributed by atoms with Crippen LogP contribution in [0.5, 0.6) is 5.88 Å². The van der Waals surface area contributed by atoms with E-state index in [4.69, 9.17) is 10.5 Å². The standard InChI is InChI=1S/C12H19N3O/c1-5-9(4)14-11-7-6-10(13)12(15-11)16-8(2)3/h5-9H,1,13H2,2-4H3,(H,14,15). The predicted octanol–water partition coefficient (Wildman–Crippen LogP) is 2.44. The predicted molar refractivity (Wildman–Crippen MR) is 67.7 cm³/mol. The fourth-order valence-electron chi connectivity index (χ4n) is 1.14. The molecule has 1 aromatic rings. The lowest BCUT2D eigenvalue weighted by molar-refractivity contribution is 0.234. The molecule has 1 atom stereocenters. The van der Waals surface area contributed by atoms with Crippen LogP contribution in [0, 0.1) is 0 Å². The number of ether oxygens (including phenoxy) is 1. The highest BCUT2D eigenvalue weighted by Gasteiger charge is 2.07. The minimum absolute atomic E-state index is 0.0573. The summed E-state index contributed by atoms with van der Waals surface area (Å²) in [6.45, 7) is 9.57. The van der Waals surface area contributed by atoms with E-state index >= 15 is 0 Å². The number of nitrogens with two attached hydrogens (primary N) is 1. The lowest BCUT2D eigenvalue weighted by Crippen LogP contribution is -2.14. The Morgan fingerprint density at radius 3 is 2.69 bits per heavy atom. The van der Waals surface area contributed by atoms with E-state index in [1.807, 2.05) is 26.8 Å². The average molecular weight is 221 g/mol. The van der Waals surface area contributed by atoms with Gasteiger partial charge < -0.3 is 15.8 Å². The van der Waals surface area contributed by atoms with Crippen LogP contribution in [-0.2, 0) is 0 Å². The molecule has 4 nitrogen and oxygen atoms in total. The van der Waals surface area contributed by atoms with Gasteiger partial charge in [0.25, 0.3) is 0 Å². The Morgan fingerprint density at radius 2 is 2.12 bits per heavy atom. The van der Waals surface area contributed by atoms with Crippen molar-refractivity contribution in [1.82, 2.24) is 4.98 Å². The fourth-order valence-corrected chi connectivity index (χ4v) is 1.14. The van der Waals surface area contributed by atoms with Crippen molar-refractivity contribution in [3.63, 3.8) is 0 Å². The van der Waals surface area contributed by atoms with Crippen LogP contribution in [0.2, 0.25) is 0 Å². The van der Waals surface area contributed by atoms with Gasteiger partial charge in [0, 0.05) is 6.04 Å². The summed E-state index contributed by atoms with van der Waals surface area (Å²) < 4.78 is 5.50. The summed E-state index contributed by atoms with van der Waals surface area (Å²) in [6, 6.07) is 3.76. The van der Waals surface area contributed by atoms with Crippen LogP contribution in [0.1, 0.15) is 20.8 Å². The summed E-state index contributed by atoms with van der Waals surface area (Å²) in [4.78, 5) is 4.29. The SMILES string of the molecule is C=CC(C)Nc1ccc(N)c(OC(C)C)n1. The zero-order valence-electron chi connectivity index (χ0n) is 10.0. The quantitative estimate of drug-likeness (QED) is 0.750. The van der Waals surface area contributed by atoms with Gasteiger partial charge in [0.15, 0.2) is 0 Å². The Balaban J connectivity index is 2.84. The van der Waals surface area contributed by atoms with Crippen LogP contribution < -0.4 is 15.8 Å². The molecule has 0 spiro atoms. The molecule has 0 aliphatic rings. The number of aromatic nitrogens is 1. The van der Waals surface area contributed by atoms with Crippen molar-refractivity contribution in [2.75, 3.05) is 11.1 Å². The van der Waals surface area contributed by atoms with E-state index in [-0.39, 0.29) is 12.1 Å². The van der Waals surface area contributed by atoms with Gasteiger partial charge in [-0.3, -0.25) is 0 Å². The molecule has 0 saturated carbocycles. The van der Waals surface area contributed by atoms with Crippen LogP contribution in [0.15, 0.2) is 24.8 Å². The minimum atomic E-state index is 0.0573. The molecule has 0 radical (unpaired) electrons. The van der Waals surface area contributed by atoms with Crippen LogP contribution in [0.25, 0.3) is 0 Å². The molecule has 4 heteroatoms. The summed E-state index contributed by atoms with van der Waals surface area (Å²) >= 11 is 0. The Bertz CT molecular complexity index is 363. The molecule has 0 aliphatic carbocycles. The van der Waals surface area contributed by atoms with E-state index in [1.54, 1.807) is 12.1 Å². The third-order valence-corrected chi connectivity index (χ3v) is 1.97. The van der Waals surface area contributed by atoms with Crippen molar-refractivity contribution in [3.05, 3.63) is 24.8 Å². The van der Waals surface area contributed by atoms with Gasteiger partial charge in [-0.1, -0.05) is 6.08 Å². The summed E-state index contributed by atoms with van der Waals surface area (Å²) in [6.07, 6.45) is 1.86. The lowest BCUT2D eigenvalue weighted by atomic mass is 10.3. The number of nitrogens with one attached hydrogen (secondary N) is 1. The summed E-state index contributed by atoms with van der Waals surface area (Å²) in [5.41, 5.74) is 6.31. The summed E-state index contributed by atoms with van der Waals surface area (Å²) in [5.74, 6) is 1.20. The molecule has 0 amide bonds. The van der Waals surface area contributed by atoms with Crippen molar-refractivity contribution in [2.24, 2.45) is 0 Å². The van der Waals surface area contributed by atoms with Crippen molar-refractivity contribution < 1.29 is 4.74 Å². The summed E-state index contributed by atoms with van der Waals surface area (Å²) in [7, 11) is 0. The van der Waals surface area contributed by atoms with Gasteiger partial charge in [-0.25, -0.2) is 0 Å². The van der Waals surface area contributed by atoms with Gasteiger partial charge >= 0.3 is 0 Å². The molecule has 16 heavy (non-hydrogen) atoms. The molecule has 1 heterocycles. The first-order valence-electron chi connectivity index (χ1n) is 5.35. The first-order chi connectivity index (χ1) is 7.52. The molecule has 1 unspecified atom stereocenters.